The molecule has 3 heteroatoms. The number of nitrogens with zero attached hydrogens (tertiary/aromatic N) is 1. The summed E-state index contributed by atoms with van der Waals surface area (Å²) in [5, 5.41) is 0. The molecular formula is C16H24N2O. The highest BCUT2D eigenvalue weighted by Gasteiger charge is 2.28. The minimum atomic E-state index is 0.214. The van der Waals surface area contributed by atoms with Crippen LogP contribution in [0.15, 0.2) is 24.3 Å². The second kappa shape index (κ2) is 6.20. The Bertz CT molecular complexity index is 427. The molecule has 1 amide bonds. The lowest BCUT2D eigenvalue weighted by Gasteiger charge is -2.38. The van der Waals surface area contributed by atoms with Crippen molar-refractivity contribution in [2.45, 2.75) is 39.2 Å². The molecule has 1 aromatic rings. The minimum absolute atomic E-state index is 0.214. The van der Waals surface area contributed by atoms with Gasteiger partial charge in [0.2, 0.25) is 5.91 Å². The van der Waals surface area contributed by atoms with Gasteiger partial charge in [-0.1, -0.05) is 36.8 Å². The molecule has 0 saturated carbocycles. The molecule has 3 nitrogen and oxygen atoms in total. The number of carbonyl (C=O) groups excluding carboxylic acids is 1. The molecule has 0 bridgehead atoms. The third-order valence-electron chi connectivity index (χ3n) is 4.05. The largest absolute Gasteiger partial charge is 0.338 e. The average Bonchev–Trinajstić information content (AvgIpc) is 2.41. The lowest BCUT2D eigenvalue weighted by molar-refractivity contribution is -0.134. The topological polar surface area (TPSA) is 46.3 Å². The van der Waals surface area contributed by atoms with Crippen LogP contribution in [-0.4, -0.2) is 29.9 Å². The van der Waals surface area contributed by atoms with E-state index in [1.165, 1.54) is 5.56 Å². The molecule has 1 aromatic carbocycles. The fraction of sp³-hybridized carbons (Fsp3) is 0.562. The highest BCUT2D eigenvalue weighted by molar-refractivity contribution is 5.79. The van der Waals surface area contributed by atoms with Crippen molar-refractivity contribution < 1.29 is 4.79 Å². The standard InChI is InChI=1S/C16H24N2O/c1-12-3-5-14(6-4-12)10-16(19)18-8-7-13(2)9-15(18)11-17/h3-6,13,15H,7-11,17H2,1-2H3. The minimum Gasteiger partial charge on any atom is -0.338 e. The highest BCUT2D eigenvalue weighted by atomic mass is 16.2. The van der Waals surface area contributed by atoms with Crippen molar-refractivity contribution in [2.24, 2.45) is 11.7 Å². The van der Waals surface area contributed by atoms with Crippen molar-refractivity contribution >= 4 is 5.91 Å². The molecule has 1 heterocycles. The Morgan fingerprint density at radius 3 is 2.68 bits per heavy atom. The molecule has 0 aliphatic carbocycles. The van der Waals surface area contributed by atoms with E-state index in [1.54, 1.807) is 0 Å². The summed E-state index contributed by atoms with van der Waals surface area (Å²) >= 11 is 0. The first-order chi connectivity index (χ1) is 9.10. The molecule has 1 aliphatic rings. The summed E-state index contributed by atoms with van der Waals surface area (Å²) in [6.07, 6.45) is 2.62. The molecule has 104 valence electrons. The zero-order chi connectivity index (χ0) is 13.8. The van der Waals surface area contributed by atoms with Crippen LogP contribution in [0.3, 0.4) is 0 Å². The normalized spacial score (nSPS) is 23.4. The second-order valence-corrected chi connectivity index (χ2v) is 5.77. The van der Waals surface area contributed by atoms with Crippen LogP contribution in [0, 0.1) is 12.8 Å². The molecule has 2 N–H and O–H groups in total. The Labute approximate surface area is 115 Å². The third-order valence-corrected chi connectivity index (χ3v) is 4.05. The number of nitrogens with two attached hydrogens (primary N) is 1. The van der Waals surface area contributed by atoms with Gasteiger partial charge in [0.15, 0.2) is 0 Å². The van der Waals surface area contributed by atoms with Gasteiger partial charge < -0.3 is 10.6 Å². The Balaban J connectivity index is 2.00. The number of hydrogen-bond donors (Lipinski definition) is 1. The van der Waals surface area contributed by atoms with Crippen LogP contribution in [-0.2, 0) is 11.2 Å². The first-order valence-electron chi connectivity index (χ1n) is 7.15. The zero-order valence-corrected chi connectivity index (χ0v) is 11.9. The van der Waals surface area contributed by atoms with Gasteiger partial charge in [-0.05, 0) is 31.2 Å². The van der Waals surface area contributed by atoms with E-state index in [2.05, 4.69) is 26.0 Å². The van der Waals surface area contributed by atoms with Crippen LogP contribution in [0.5, 0.6) is 0 Å². The van der Waals surface area contributed by atoms with E-state index < -0.39 is 0 Å². The Kier molecular flexibility index (Phi) is 4.59. The van der Waals surface area contributed by atoms with Gasteiger partial charge in [-0.15, -0.1) is 0 Å². The summed E-state index contributed by atoms with van der Waals surface area (Å²) in [5.74, 6) is 0.892. The number of rotatable bonds is 3. The maximum atomic E-state index is 12.4. The molecular weight excluding hydrogens is 236 g/mol. The first kappa shape index (κ1) is 14.1. The monoisotopic (exact) mass is 260 g/mol. The van der Waals surface area contributed by atoms with Gasteiger partial charge in [-0.2, -0.15) is 0 Å². The quantitative estimate of drug-likeness (QED) is 0.905. The van der Waals surface area contributed by atoms with E-state index in [1.807, 2.05) is 17.0 Å². The summed E-state index contributed by atoms with van der Waals surface area (Å²) in [5.41, 5.74) is 8.13. The smallest absolute Gasteiger partial charge is 0.227 e. The van der Waals surface area contributed by atoms with Crippen LogP contribution in [0.4, 0.5) is 0 Å². The zero-order valence-electron chi connectivity index (χ0n) is 11.9. The molecule has 2 unspecified atom stereocenters. The summed E-state index contributed by atoms with van der Waals surface area (Å²) < 4.78 is 0. The Hall–Kier alpha value is -1.35. The molecule has 0 aromatic heterocycles. The molecule has 0 radical (unpaired) electrons. The summed E-state index contributed by atoms with van der Waals surface area (Å²) in [6, 6.07) is 8.42. The Morgan fingerprint density at radius 1 is 1.37 bits per heavy atom. The second-order valence-electron chi connectivity index (χ2n) is 5.77. The van der Waals surface area contributed by atoms with Crippen molar-refractivity contribution in [3.63, 3.8) is 0 Å². The highest BCUT2D eigenvalue weighted by Crippen LogP contribution is 2.22. The number of aryl methyl sites for hydroxylation is 1. The fourth-order valence-electron chi connectivity index (χ4n) is 2.79. The van der Waals surface area contributed by atoms with Crippen molar-refractivity contribution in [3.05, 3.63) is 35.4 Å². The fourth-order valence-corrected chi connectivity index (χ4v) is 2.79. The van der Waals surface area contributed by atoms with E-state index >= 15 is 0 Å². The van der Waals surface area contributed by atoms with Crippen molar-refractivity contribution in [2.75, 3.05) is 13.1 Å². The van der Waals surface area contributed by atoms with E-state index in [4.69, 9.17) is 5.73 Å². The van der Waals surface area contributed by atoms with Crippen molar-refractivity contribution in [1.82, 2.24) is 4.90 Å². The maximum absolute atomic E-state index is 12.4. The first-order valence-corrected chi connectivity index (χ1v) is 7.15. The number of amides is 1. The molecule has 19 heavy (non-hydrogen) atoms. The van der Waals surface area contributed by atoms with Gasteiger partial charge in [0.1, 0.15) is 0 Å². The number of carbonyl (C=O) groups is 1. The van der Waals surface area contributed by atoms with Crippen LogP contribution < -0.4 is 5.73 Å². The molecule has 2 rings (SSSR count). The van der Waals surface area contributed by atoms with Crippen LogP contribution >= 0.6 is 0 Å². The number of benzene rings is 1. The van der Waals surface area contributed by atoms with Crippen LogP contribution in [0.2, 0.25) is 0 Å². The van der Waals surface area contributed by atoms with E-state index in [0.717, 1.165) is 24.9 Å². The predicted molar refractivity (Wildman–Crippen MR) is 77.8 cm³/mol. The van der Waals surface area contributed by atoms with Crippen LogP contribution in [0.1, 0.15) is 30.9 Å². The number of likely N-dealkylation sites (tertiary alicyclic amines) is 1. The lowest BCUT2D eigenvalue weighted by atomic mass is 9.92. The molecule has 1 aliphatic heterocycles. The molecule has 1 fully saturated rings. The van der Waals surface area contributed by atoms with Crippen molar-refractivity contribution in [1.29, 1.82) is 0 Å². The predicted octanol–water partition coefficient (Wildman–Crippen LogP) is 2.12. The molecule has 2 atom stereocenters. The number of piperidine rings is 1. The van der Waals surface area contributed by atoms with Crippen molar-refractivity contribution in [3.8, 4) is 0 Å². The van der Waals surface area contributed by atoms with Gasteiger partial charge in [0.25, 0.3) is 0 Å². The summed E-state index contributed by atoms with van der Waals surface area (Å²) in [7, 11) is 0. The van der Waals surface area contributed by atoms with Gasteiger partial charge >= 0.3 is 0 Å². The van der Waals surface area contributed by atoms with E-state index in [9.17, 15) is 4.79 Å². The lowest BCUT2D eigenvalue weighted by Crippen LogP contribution is -2.49. The summed E-state index contributed by atoms with van der Waals surface area (Å²) in [4.78, 5) is 14.4. The average molecular weight is 260 g/mol. The molecule has 1 saturated heterocycles. The number of hydrogen-bond acceptors (Lipinski definition) is 2. The molecule has 0 spiro atoms. The van der Waals surface area contributed by atoms with E-state index in [0.29, 0.717) is 18.9 Å². The summed E-state index contributed by atoms with van der Waals surface area (Å²) in [6.45, 7) is 5.73. The van der Waals surface area contributed by atoms with Gasteiger partial charge in [0.05, 0.1) is 6.42 Å². The van der Waals surface area contributed by atoms with Gasteiger partial charge in [-0.3, -0.25) is 4.79 Å². The third kappa shape index (κ3) is 3.57. The van der Waals surface area contributed by atoms with Gasteiger partial charge in [-0.25, -0.2) is 0 Å². The van der Waals surface area contributed by atoms with Crippen LogP contribution in [0.25, 0.3) is 0 Å². The Morgan fingerprint density at radius 2 is 2.05 bits per heavy atom. The SMILES string of the molecule is Cc1ccc(CC(=O)N2CCC(C)CC2CN)cc1. The maximum Gasteiger partial charge on any atom is 0.227 e. The van der Waals surface area contributed by atoms with E-state index in [-0.39, 0.29) is 11.9 Å². The van der Waals surface area contributed by atoms with Gasteiger partial charge in [0, 0.05) is 19.1 Å².